The normalized spacial score (nSPS) is 16.1. The van der Waals surface area contributed by atoms with Crippen molar-refractivity contribution in [1.29, 1.82) is 0 Å². The van der Waals surface area contributed by atoms with Gasteiger partial charge in [0.15, 0.2) is 6.61 Å². The number of rotatable bonds is 7. The molecule has 1 fully saturated rings. The van der Waals surface area contributed by atoms with Gasteiger partial charge in [0.2, 0.25) is 0 Å². The number of likely N-dealkylation sites (tertiary alicyclic amines) is 1. The molecule has 0 saturated carbocycles. The summed E-state index contributed by atoms with van der Waals surface area (Å²) in [5.41, 5.74) is 1.43. The maximum atomic E-state index is 12.9. The third-order valence-electron chi connectivity index (χ3n) is 5.58. The van der Waals surface area contributed by atoms with Crippen molar-refractivity contribution >= 4 is 29.4 Å². The van der Waals surface area contributed by atoms with Gasteiger partial charge in [0, 0.05) is 31.4 Å². The SMILES string of the molecule is C[C@H](c1ccccc1)N(C)C(=O)c1csc(C2CCN(C(=O)CON=CC(F)(F)F)CC2)n1. The number of halogens is 3. The van der Waals surface area contributed by atoms with E-state index in [1.165, 1.54) is 16.2 Å². The van der Waals surface area contributed by atoms with Gasteiger partial charge in [-0.15, -0.1) is 11.3 Å². The van der Waals surface area contributed by atoms with Crippen molar-refractivity contribution < 1.29 is 27.6 Å². The van der Waals surface area contributed by atoms with Crippen LogP contribution in [0.15, 0.2) is 40.9 Å². The number of hydrogen-bond acceptors (Lipinski definition) is 6. The second-order valence-corrected chi connectivity index (χ2v) is 8.67. The van der Waals surface area contributed by atoms with E-state index in [2.05, 4.69) is 15.0 Å². The number of amides is 2. The molecule has 3 rings (SSSR count). The quantitative estimate of drug-likeness (QED) is 0.437. The first-order valence-corrected chi connectivity index (χ1v) is 11.3. The molecular weight excluding hydrogens is 457 g/mol. The number of piperidine rings is 1. The number of alkyl halides is 3. The molecule has 1 aromatic carbocycles. The van der Waals surface area contributed by atoms with Crippen LogP contribution in [0.4, 0.5) is 13.2 Å². The van der Waals surface area contributed by atoms with Crippen molar-refractivity contribution in [1.82, 2.24) is 14.8 Å². The van der Waals surface area contributed by atoms with Gasteiger partial charge in [-0.1, -0.05) is 35.5 Å². The highest BCUT2D eigenvalue weighted by Gasteiger charge is 2.28. The van der Waals surface area contributed by atoms with E-state index in [1.807, 2.05) is 37.3 Å². The Morgan fingerprint density at radius 3 is 2.61 bits per heavy atom. The molecule has 0 N–H and O–H groups in total. The summed E-state index contributed by atoms with van der Waals surface area (Å²) in [5, 5.41) is 5.37. The number of oxime groups is 1. The van der Waals surface area contributed by atoms with Crippen LogP contribution >= 0.6 is 11.3 Å². The van der Waals surface area contributed by atoms with E-state index in [-0.39, 0.29) is 24.1 Å². The average molecular weight is 483 g/mol. The summed E-state index contributed by atoms with van der Waals surface area (Å²) in [5.74, 6) is -0.459. The Morgan fingerprint density at radius 1 is 1.30 bits per heavy atom. The van der Waals surface area contributed by atoms with Crippen molar-refractivity contribution in [3.05, 3.63) is 52.0 Å². The molecule has 1 aromatic heterocycles. The van der Waals surface area contributed by atoms with Gasteiger partial charge in [0.25, 0.3) is 11.8 Å². The van der Waals surface area contributed by atoms with Crippen LogP contribution in [-0.4, -0.2) is 65.7 Å². The fraction of sp³-hybridized carbons (Fsp3) is 0.455. The second-order valence-electron chi connectivity index (χ2n) is 7.78. The number of aromatic nitrogens is 1. The predicted molar refractivity (Wildman–Crippen MR) is 118 cm³/mol. The third-order valence-corrected chi connectivity index (χ3v) is 6.59. The van der Waals surface area contributed by atoms with Crippen LogP contribution < -0.4 is 0 Å². The van der Waals surface area contributed by atoms with Gasteiger partial charge in [-0.25, -0.2) is 4.98 Å². The van der Waals surface area contributed by atoms with E-state index < -0.39 is 18.7 Å². The summed E-state index contributed by atoms with van der Waals surface area (Å²) in [4.78, 5) is 37.2. The van der Waals surface area contributed by atoms with Crippen LogP contribution in [0, 0.1) is 0 Å². The summed E-state index contributed by atoms with van der Waals surface area (Å²) in [6.45, 7) is 2.29. The Labute approximate surface area is 193 Å². The van der Waals surface area contributed by atoms with E-state index in [1.54, 1.807) is 17.3 Å². The molecule has 1 aliphatic rings. The van der Waals surface area contributed by atoms with Gasteiger partial charge in [-0.3, -0.25) is 9.59 Å². The number of benzene rings is 1. The van der Waals surface area contributed by atoms with Crippen molar-refractivity contribution in [2.45, 2.75) is 37.9 Å². The maximum Gasteiger partial charge on any atom is 0.429 e. The molecule has 2 heterocycles. The first kappa shape index (κ1) is 24.7. The van der Waals surface area contributed by atoms with E-state index in [4.69, 9.17) is 0 Å². The zero-order valence-electron chi connectivity index (χ0n) is 18.3. The Bertz CT molecular complexity index is 973. The zero-order chi connectivity index (χ0) is 24.0. The molecule has 0 bridgehead atoms. The Balaban J connectivity index is 1.51. The van der Waals surface area contributed by atoms with Crippen molar-refractivity contribution in [2.24, 2.45) is 5.16 Å². The van der Waals surface area contributed by atoms with Gasteiger partial charge in [-0.2, -0.15) is 13.2 Å². The third kappa shape index (κ3) is 6.77. The first-order chi connectivity index (χ1) is 15.7. The van der Waals surface area contributed by atoms with Gasteiger partial charge >= 0.3 is 6.18 Å². The Morgan fingerprint density at radius 2 is 1.97 bits per heavy atom. The van der Waals surface area contributed by atoms with E-state index in [9.17, 15) is 22.8 Å². The van der Waals surface area contributed by atoms with Gasteiger partial charge in [0.1, 0.15) is 11.9 Å². The van der Waals surface area contributed by atoms with Gasteiger partial charge < -0.3 is 14.6 Å². The van der Waals surface area contributed by atoms with Crippen LogP contribution in [0.3, 0.4) is 0 Å². The highest BCUT2D eigenvalue weighted by molar-refractivity contribution is 7.09. The molecule has 2 aromatic rings. The molecule has 2 amide bonds. The molecule has 1 aliphatic heterocycles. The molecule has 1 atom stereocenters. The van der Waals surface area contributed by atoms with Crippen molar-refractivity contribution in [3.63, 3.8) is 0 Å². The number of hydrogen-bond donors (Lipinski definition) is 0. The monoisotopic (exact) mass is 482 g/mol. The smallest absolute Gasteiger partial charge is 0.386 e. The lowest BCUT2D eigenvalue weighted by atomic mass is 9.97. The van der Waals surface area contributed by atoms with Crippen LogP contribution in [0.25, 0.3) is 0 Å². The predicted octanol–water partition coefficient (Wildman–Crippen LogP) is 4.25. The van der Waals surface area contributed by atoms with E-state index >= 15 is 0 Å². The molecule has 178 valence electrons. The lowest BCUT2D eigenvalue weighted by Crippen LogP contribution is -2.39. The maximum absolute atomic E-state index is 12.9. The van der Waals surface area contributed by atoms with Gasteiger partial charge in [-0.05, 0) is 25.3 Å². The highest BCUT2D eigenvalue weighted by Crippen LogP contribution is 2.31. The largest absolute Gasteiger partial charge is 0.429 e. The molecule has 0 radical (unpaired) electrons. The van der Waals surface area contributed by atoms with Crippen LogP contribution in [0.1, 0.15) is 52.8 Å². The number of thiazole rings is 1. The summed E-state index contributed by atoms with van der Waals surface area (Å²) in [6, 6.07) is 9.65. The van der Waals surface area contributed by atoms with Crippen LogP contribution in [0.5, 0.6) is 0 Å². The van der Waals surface area contributed by atoms with E-state index in [0.29, 0.717) is 31.6 Å². The summed E-state index contributed by atoms with van der Waals surface area (Å²) < 4.78 is 36.0. The fourth-order valence-electron chi connectivity index (χ4n) is 3.54. The zero-order valence-corrected chi connectivity index (χ0v) is 19.1. The van der Waals surface area contributed by atoms with Gasteiger partial charge in [0.05, 0.1) is 11.0 Å². The minimum absolute atomic E-state index is 0.0965. The van der Waals surface area contributed by atoms with Crippen LogP contribution in [-0.2, 0) is 9.63 Å². The standard InChI is InChI=1S/C22H25F3N4O3S/c1-15(16-6-4-3-5-7-16)28(2)21(31)18-13-33-20(27-18)17-8-10-29(11-9-17)19(30)12-32-26-14-22(23,24)25/h3-7,13-15,17H,8-12H2,1-2H3/t15-/m1/s1. The first-order valence-electron chi connectivity index (χ1n) is 10.4. The summed E-state index contributed by atoms with van der Waals surface area (Å²) in [7, 11) is 1.75. The average Bonchev–Trinajstić information content (AvgIpc) is 3.30. The summed E-state index contributed by atoms with van der Waals surface area (Å²) >= 11 is 1.43. The summed E-state index contributed by atoms with van der Waals surface area (Å²) in [6.07, 6.45) is -3.58. The lowest BCUT2D eigenvalue weighted by Gasteiger charge is -2.30. The minimum Gasteiger partial charge on any atom is -0.386 e. The molecule has 0 aliphatic carbocycles. The molecule has 0 unspecified atom stereocenters. The minimum atomic E-state index is -4.58. The molecule has 1 saturated heterocycles. The molecule has 33 heavy (non-hydrogen) atoms. The molecule has 7 nitrogen and oxygen atoms in total. The molecule has 11 heteroatoms. The van der Waals surface area contributed by atoms with Crippen LogP contribution in [0.2, 0.25) is 0 Å². The number of nitrogens with zero attached hydrogens (tertiary/aromatic N) is 4. The number of carbonyl (C=O) groups is 2. The number of carbonyl (C=O) groups excluding carboxylic acids is 2. The fourth-order valence-corrected chi connectivity index (χ4v) is 4.51. The molecular formula is C22H25F3N4O3S. The Kier molecular flexibility index (Phi) is 8.06. The molecule has 0 spiro atoms. The van der Waals surface area contributed by atoms with Crippen molar-refractivity contribution in [2.75, 3.05) is 26.7 Å². The van der Waals surface area contributed by atoms with E-state index in [0.717, 1.165) is 10.6 Å². The second kappa shape index (κ2) is 10.8. The topological polar surface area (TPSA) is 75.1 Å². The lowest BCUT2D eigenvalue weighted by molar-refractivity contribution is -0.137. The Hall–Kier alpha value is -2.95. The highest BCUT2D eigenvalue weighted by atomic mass is 32.1. The van der Waals surface area contributed by atoms with Crippen molar-refractivity contribution in [3.8, 4) is 0 Å².